The number of carboxylic acids is 1. The molecule has 2 N–H and O–H groups in total. The van der Waals surface area contributed by atoms with Gasteiger partial charge in [-0.15, -0.1) is 0 Å². The normalized spacial score (nSPS) is 14.7. The average Bonchev–Trinajstić information content (AvgIpc) is 2.62. The van der Waals surface area contributed by atoms with Crippen LogP contribution in [-0.2, 0) is 18.4 Å². The van der Waals surface area contributed by atoms with Gasteiger partial charge in [-0.1, -0.05) is 43.4 Å². The molecule has 1 rings (SSSR count). The third-order valence-corrected chi connectivity index (χ3v) is 5.89. The molecule has 1 aromatic rings. The number of aliphatic carboxylic acids is 1. The molecule has 2 atom stereocenters. The van der Waals surface area contributed by atoms with Crippen LogP contribution in [-0.4, -0.2) is 67.5 Å². The maximum Gasteiger partial charge on any atom is 0.472 e. The summed E-state index contributed by atoms with van der Waals surface area (Å²) < 4.78 is 28.6. The van der Waals surface area contributed by atoms with Gasteiger partial charge in [0.15, 0.2) is 0 Å². The lowest BCUT2D eigenvalue weighted by Crippen LogP contribution is -2.42. The van der Waals surface area contributed by atoms with E-state index in [1.165, 1.54) is 5.56 Å². The zero-order valence-electron chi connectivity index (χ0n) is 20.2. The number of phosphoric ester groups is 1. The molecule has 9 heteroatoms. The molecule has 0 spiro atoms. The Bertz CT molecular complexity index is 748. The van der Waals surface area contributed by atoms with Gasteiger partial charge in [0.1, 0.15) is 18.4 Å². The van der Waals surface area contributed by atoms with Gasteiger partial charge in [0.05, 0.1) is 40.8 Å². The molecule has 1 aromatic carbocycles. The molecule has 0 aliphatic rings. The topological polar surface area (TPSA) is 102 Å². The first kappa shape index (κ1) is 28.6. The molecular formula is C23H41NO7P+. The van der Waals surface area contributed by atoms with Crippen molar-refractivity contribution in [3.05, 3.63) is 29.3 Å². The molecule has 0 heterocycles. The number of unbranched alkanes of at least 4 members (excludes halogenated alkanes) is 5. The van der Waals surface area contributed by atoms with Crippen LogP contribution in [0, 0.1) is 13.8 Å². The van der Waals surface area contributed by atoms with Crippen LogP contribution >= 0.6 is 7.82 Å². The fourth-order valence-electron chi connectivity index (χ4n) is 3.39. The molecule has 0 saturated carbocycles. The molecule has 0 aliphatic carbocycles. The van der Waals surface area contributed by atoms with E-state index in [9.17, 15) is 14.3 Å². The number of hydrogen-bond acceptors (Lipinski definition) is 5. The number of rotatable bonds is 17. The van der Waals surface area contributed by atoms with Crippen LogP contribution in [0.1, 0.15) is 56.1 Å². The van der Waals surface area contributed by atoms with Gasteiger partial charge in [0, 0.05) is 0 Å². The summed E-state index contributed by atoms with van der Waals surface area (Å²) in [6, 6.07) is 6.18. The predicted molar refractivity (Wildman–Crippen MR) is 125 cm³/mol. The standard InChI is InChI=1S/C23H40NO7P/c1-19-12-13-22(20(2)16-19)29-14-10-8-6-7-9-11-15-30-32(27,28)31-21(17-23(25)26)18-24(3,4)5/h12-13,16,21H,6-11,14-15,17-18H2,1-5H3,(H-,25,26,27,28)/p+1/t21-/m1/s1. The Balaban J connectivity index is 2.15. The average molecular weight is 475 g/mol. The molecule has 0 aromatic heterocycles. The number of carboxylic acid groups (broad SMARTS) is 1. The van der Waals surface area contributed by atoms with Gasteiger partial charge >= 0.3 is 13.8 Å². The van der Waals surface area contributed by atoms with Crippen molar-refractivity contribution < 1.29 is 37.6 Å². The van der Waals surface area contributed by atoms with Crippen LogP contribution in [0.2, 0.25) is 0 Å². The van der Waals surface area contributed by atoms with Crippen molar-refractivity contribution in [1.29, 1.82) is 0 Å². The molecule has 8 nitrogen and oxygen atoms in total. The minimum absolute atomic E-state index is 0.105. The Hall–Kier alpha value is -1.44. The van der Waals surface area contributed by atoms with Gasteiger partial charge in [0.25, 0.3) is 0 Å². The van der Waals surface area contributed by atoms with E-state index in [1.807, 2.05) is 27.2 Å². The lowest BCUT2D eigenvalue weighted by atomic mass is 10.1. The maximum atomic E-state index is 12.2. The van der Waals surface area contributed by atoms with Crippen LogP contribution in [0.5, 0.6) is 5.75 Å². The second kappa shape index (κ2) is 14.0. The largest absolute Gasteiger partial charge is 0.493 e. The number of quaternary nitrogens is 1. The molecule has 0 bridgehead atoms. The summed E-state index contributed by atoms with van der Waals surface area (Å²) in [4.78, 5) is 20.9. The van der Waals surface area contributed by atoms with Gasteiger partial charge in [-0.2, -0.15) is 0 Å². The van der Waals surface area contributed by atoms with Crippen LogP contribution in [0.4, 0.5) is 0 Å². The van der Waals surface area contributed by atoms with E-state index < -0.39 is 19.9 Å². The molecule has 32 heavy (non-hydrogen) atoms. The van der Waals surface area contributed by atoms with Gasteiger partial charge in [-0.25, -0.2) is 4.57 Å². The van der Waals surface area contributed by atoms with E-state index in [1.54, 1.807) is 0 Å². The highest BCUT2D eigenvalue weighted by atomic mass is 31.2. The highest BCUT2D eigenvalue weighted by Crippen LogP contribution is 2.45. The van der Waals surface area contributed by atoms with Crippen LogP contribution < -0.4 is 4.74 Å². The van der Waals surface area contributed by atoms with Gasteiger partial charge in [-0.3, -0.25) is 13.8 Å². The van der Waals surface area contributed by atoms with E-state index >= 15 is 0 Å². The minimum atomic E-state index is -4.29. The SMILES string of the molecule is Cc1ccc(OCCCCCCCCOP(=O)(O)O[C@H](CC(=O)O)C[N+](C)(C)C)c(C)c1. The Morgan fingerprint density at radius 2 is 1.62 bits per heavy atom. The van der Waals surface area contributed by atoms with Crippen molar-refractivity contribution in [2.45, 2.75) is 64.9 Å². The maximum absolute atomic E-state index is 12.2. The molecule has 0 saturated heterocycles. The smallest absolute Gasteiger partial charge is 0.472 e. The quantitative estimate of drug-likeness (QED) is 0.192. The summed E-state index contributed by atoms with van der Waals surface area (Å²) in [6.07, 6.45) is 4.41. The molecule has 0 radical (unpaired) electrons. The number of ether oxygens (including phenoxy) is 1. The van der Waals surface area contributed by atoms with Crippen LogP contribution in [0.3, 0.4) is 0 Å². The van der Waals surface area contributed by atoms with E-state index in [4.69, 9.17) is 18.9 Å². The summed E-state index contributed by atoms with van der Waals surface area (Å²) in [6.45, 7) is 5.21. The summed E-state index contributed by atoms with van der Waals surface area (Å²) in [7, 11) is 1.29. The Kier molecular flexibility index (Phi) is 12.5. The van der Waals surface area contributed by atoms with Crippen molar-refractivity contribution >= 4 is 13.8 Å². The number of likely N-dealkylation sites (N-methyl/N-ethyl adjacent to an activating group) is 1. The van der Waals surface area contributed by atoms with E-state index in [0.29, 0.717) is 17.5 Å². The fraction of sp³-hybridized carbons (Fsp3) is 0.696. The van der Waals surface area contributed by atoms with E-state index in [0.717, 1.165) is 43.4 Å². The Morgan fingerprint density at radius 3 is 2.19 bits per heavy atom. The molecule has 1 unspecified atom stereocenters. The van der Waals surface area contributed by atoms with Crippen molar-refractivity contribution in [1.82, 2.24) is 0 Å². The molecule has 0 aliphatic heterocycles. The Labute approximate surface area is 192 Å². The Morgan fingerprint density at radius 1 is 1.03 bits per heavy atom. The van der Waals surface area contributed by atoms with Gasteiger partial charge in [-0.05, 0) is 38.3 Å². The number of nitrogens with zero attached hydrogens (tertiary/aromatic N) is 1. The van der Waals surface area contributed by atoms with Gasteiger partial charge < -0.3 is 19.2 Å². The van der Waals surface area contributed by atoms with Crippen molar-refractivity contribution in [2.24, 2.45) is 0 Å². The second-order valence-electron chi connectivity index (χ2n) is 9.34. The van der Waals surface area contributed by atoms with Gasteiger partial charge in [0.2, 0.25) is 0 Å². The molecule has 184 valence electrons. The first-order valence-electron chi connectivity index (χ1n) is 11.3. The zero-order valence-corrected chi connectivity index (χ0v) is 21.1. The molecular weight excluding hydrogens is 433 g/mol. The minimum Gasteiger partial charge on any atom is -0.493 e. The number of carbonyl (C=O) groups is 1. The number of benzene rings is 1. The number of phosphoric acid groups is 1. The highest BCUT2D eigenvalue weighted by Gasteiger charge is 2.31. The fourth-order valence-corrected chi connectivity index (χ4v) is 4.33. The number of hydrogen-bond donors (Lipinski definition) is 2. The predicted octanol–water partition coefficient (Wildman–Crippen LogP) is 4.71. The van der Waals surface area contributed by atoms with E-state index in [-0.39, 0.29) is 19.6 Å². The third kappa shape index (κ3) is 13.9. The lowest BCUT2D eigenvalue weighted by Gasteiger charge is -2.29. The highest BCUT2D eigenvalue weighted by molar-refractivity contribution is 7.47. The molecule has 0 amide bonds. The van der Waals surface area contributed by atoms with Crippen LogP contribution in [0.25, 0.3) is 0 Å². The third-order valence-electron chi connectivity index (χ3n) is 4.82. The number of aryl methyl sites for hydroxylation is 2. The summed E-state index contributed by atoms with van der Waals surface area (Å²) >= 11 is 0. The van der Waals surface area contributed by atoms with Crippen molar-refractivity contribution in [3.8, 4) is 5.75 Å². The van der Waals surface area contributed by atoms with Crippen molar-refractivity contribution in [2.75, 3.05) is 40.9 Å². The van der Waals surface area contributed by atoms with Crippen LogP contribution in [0.15, 0.2) is 18.2 Å². The summed E-state index contributed by atoms with van der Waals surface area (Å²) in [5.74, 6) is -0.140. The molecule has 0 fully saturated rings. The first-order valence-corrected chi connectivity index (χ1v) is 12.8. The van der Waals surface area contributed by atoms with Crippen molar-refractivity contribution in [3.63, 3.8) is 0 Å². The second-order valence-corrected chi connectivity index (χ2v) is 10.7. The first-order chi connectivity index (χ1) is 14.9. The monoisotopic (exact) mass is 474 g/mol. The summed E-state index contributed by atoms with van der Waals surface area (Å²) in [5, 5.41) is 9.00. The zero-order chi connectivity index (χ0) is 24.2. The van der Waals surface area contributed by atoms with E-state index in [2.05, 4.69) is 26.0 Å². The lowest BCUT2D eigenvalue weighted by molar-refractivity contribution is -0.873. The summed E-state index contributed by atoms with van der Waals surface area (Å²) in [5.41, 5.74) is 2.38.